The molecule has 5 nitrogen and oxygen atoms in total. The molecule has 0 radical (unpaired) electrons. The van der Waals surface area contributed by atoms with Gasteiger partial charge in [-0.25, -0.2) is 4.99 Å². The molecular weight excluding hydrogens is 312 g/mol. The SMILES string of the molecule is CCCC(CCO)CNC(=NCc1ccc(N(C)C)cc1C)NCC. The molecule has 142 valence electrons. The first-order valence-corrected chi connectivity index (χ1v) is 9.41. The maximum atomic E-state index is 9.20. The summed E-state index contributed by atoms with van der Waals surface area (Å²) in [5, 5.41) is 15.9. The lowest BCUT2D eigenvalue weighted by Crippen LogP contribution is -2.40. The number of aliphatic imine (C=N–C) groups is 1. The molecule has 3 N–H and O–H groups in total. The second-order valence-electron chi connectivity index (χ2n) is 6.75. The largest absolute Gasteiger partial charge is 0.396 e. The van der Waals surface area contributed by atoms with E-state index in [1.165, 1.54) is 16.8 Å². The molecule has 0 aliphatic rings. The quantitative estimate of drug-likeness (QED) is 0.449. The molecule has 0 heterocycles. The summed E-state index contributed by atoms with van der Waals surface area (Å²) in [7, 11) is 4.11. The van der Waals surface area contributed by atoms with Crippen LogP contribution in [-0.4, -0.2) is 44.9 Å². The van der Waals surface area contributed by atoms with E-state index in [1.54, 1.807) is 0 Å². The van der Waals surface area contributed by atoms with E-state index in [2.05, 4.69) is 68.6 Å². The van der Waals surface area contributed by atoms with Crippen molar-refractivity contribution in [1.82, 2.24) is 10.6 Å². The number of hydrogen-bond acceptors (Lipinski definition) is 3. The molecule has 0 amide bonds. The maximum Gasteiger partial charge on any atom is 0.191 e. The van der Waals surface area contributed by atoms with Gasteiger partial charge in [0.05, 0.1) is 6.54 Å². The van der Waals surface area contributed by atoms with Crippen molar-refractivity contribution in [3.05, 3.63) is 29.3 Å². The number of nitrogens with one attached hydrogen (secondary N) is 2. The minimum Gasteiger partial charge on any atom is -0.396 e. The van der Waals surface area contributed by atoms with Crippen molar-refractivity contribution in [2.45, 2.75) is 46.6 Å². The van der Waals surface area contributed by atoms with Crippen LogP contribution in [0.25, 0.3) is 0 Å². The van der Waals surface area contributed by atoms with Crippen molar-refractivity contribution in [3.63, 3.8) is 0 Å². The van der Waals surface area contributed by atoms with Gasteiger partial charge in [-0.2, -0.15) is 0 Å². The first-order chi connectivity index (χ1) is 12.0. The van der Waals surface area contributed by atoms with Gasteiger partial charge >= 0.3 is 0 Å². The van der Waals surface area contributed by atoms with E-state index in [4.69, 9.17) is 4.99 Å². The lowest BCUT2D eigenvalue weighted by molar-refractivity contribution is 0.251. The fourth-order valence-electron chi connectivity index (χ4n) is 2.82. The fourth-order valence-corrected chi connectivity index (χ4v) is 2.82. The van der Waals surface area contributed by atoms with E-state index in [0.29, 0.717) is 12.5 Å². The normalized spacial score (nSPS) is 12.8. The highest BCUT2D eigenvalue weighted by Crippen LogP contribution is 2.18. The fraction of sp³-hybridized carbons (Fsp3) is 0.650. The molecule has 1 atom stereocenters. The van der Waals surface area contributed by atoms with E-state index < -0.39 is 0 Å². The van der Waals surface area contributed by atoms with Gasteiger partial charge in [-0.15, -0.1) is 0 Å². The summed E-state index contributed by atoms with van der Waals surface area (Å²) in [5.74, 6) is 1.33. The predicted octanol–water partition coefficient (Wildman–Crippen LogP) is 2.91. The first-order valence-electron chi connectivity index (χ1n) is 9.41. The Bertz CT molecular complexity index is 522. The number of guanidine groups is 1. The summed E-state index contributed by atoms with van der Waals surface area (Å²) in [4.78, 5) is 6.84. The van der Waals surface area contributed by atoms with Crippen molar-refractivity contribution in [1.29, 1.82) is 0 Å². The Labute approximate surface area is 153 Å². The topological polar surface area (TPSA) is 59.9 Å². The van der Waals surface area contributed by atoms with Gasteiger partial charge in [-0.1, -0.05) is 19.4 Å². The standard InChI is InChI=1S/C20H36N4O/c1-6-8-17(11-12-25)14-22-20(21-7-2)23-15-18-9-10-19(24(4)5)13-16(18)3/h9-10,13,17,25H,6-8,11-12,14-15H2,1-5H3,(H2,21,22,23). The number of aliphatic hydroxyl groups is 1. The van der Waals surface area contributed by atoms with Crippen LogP contribution in [0.3, 0.4) is 0 Å². The van der Waals surface area contributed by atoms with Crippen LogP contribution < -0.4 is 15.5 Å². The second-order valence-corrected chi connectivity index (χ2v) is 6.75. The Morgan fingerprint density at radius 2 is 1.96 bits per heavy atom. The average Bonchev–Trinajstić information content (AvgIpc) is 2.58. The highest BCUT2D eigenvalue weighted by atomic mass is 16.3. The smallest absolute Gasteiger partial charge is 0.191 e. The van der Waals surface area contributed by atoms with Crippen LogP contribution in [-0.2, 0) is 6.54 Å². The number of nitrogens with zero attached hydrogens (tertiary/aromatic N) is 2. The molecule has 1 unspecified atom stereocenters. The lowest BCUT2D eigenvalue weighted by atomic mass is 10.0. The third kappa shape index (κ3) is 7.78. The number of aryl methyl sites for hydroxylation is 1. The monoisotopic (exact) mass is 348 g/mol. The summed E-state index contributed by atoms with van der Waals surface area (Å²) in [6.07, 6.45) is 3.10. The van der Waals surface area contributed by atoms with Gasteiger partial charge in [0.2, 0.25) is 0 Å². The molecular formula is C20H36N4O. The van der Waals surface area contributed by atoms with E-state index in [9.17, 15) is 5.11 Å². The molecule has 0 saturated heterocycles. The zero-order valence-corrected chi connectivity index (χ0v) is 16.6. The molecule has 5 heteroatoms. The van der Waals surface area contributed by atoms with E-state index in [1.807, 2.05) is 0 Å². The van der Waals surface area contributed by atoms with E-state index >= 15 is 0 Å². The Morgan fingerprint density at radius 1 is 1.20 bits per heavy atom. The molecule has 25 heavy (non-hydrogen) atoms. The van der Waals surface area contributed by atoms with Gasteiger partial charge in [0.15, 0.2) is 5.96 Å². The van der Waals surface area contributed by atoms with Gasteiger partial charge in [0.1, 0.15) is 0 Å². The minimum absolute atomic E-state index is 0.247. The van der Waals surface area contributed by atoms with Gasteiger partial charge in [-0.3, -0.25) is 0 Å². The summed E-state index contributed by atoms with van der Waals surface area (Å²) in [5.41, 5.74) is 3.71. The molecule has 1 aromatic carbocycles. The molecule has 0 fully saturated rings. The zero-order valence-electron chi connectivity index (χ0n) is 16.6. The van der Waals surface area contributed by atoms with Crippen molar-refractivity contribution in [3.8, 4) is 0 Å². The van der Waals surface area contributed by atoms with Gasteiger partial charge in [0.25, 0.3) is 0 Å². The summed E-state index contributed by atoms with van der Waals surface area (Å²) < 4.78 is 0. The Hall–Kier alpha value is -1.75. The zero-order chi connectivity index (χ0) is 18.7. The van der Waals surface area contributed by atoms with Crippen molar-refractivity contribution in [2.75, 3.05) is 38.7 Å². The van der Waals surface area contributed by atoms with Crippen molar-refractivity contribution >= 4 is 11.6 Å². The molecule has 0 saturated carbocycles. The highest BCUT2D eigenvalue weighted by Gasteiger charge is 2.08. The van der Waals surface area contributed by atoms with Crippen LogP contribution in [0.15, 0.2) is 23.2 Å². The number of benzene rings is 1. The molecule has 0 spiro atoms. The summed E-state index contributed by atoms with van der Waals surface area (Å²) in [6.45, 7) is 8.98. The Balaban J connectivity index is 2.71. The van der Waals surface area contributed by atoms with Crippen molar-refractivity contribution < 1.29 is 5.11 Å². The number of anilines is 1. The average molecular weight is 349 g/mol. The summed E-state index contributed by atoms with van der Waals surface area (Å²) >= 11 is 0. The summed E-state index contributed by atoms with van der Waals surface area (Å²) in [6, 6.07) is 6.49. The highest BCUT2D eigenvalue weighted by molar-refractivity contribution is 5.79. The number of aliphatic hydroxyl groups excluding tert-OH is 1. The molecule has 0 aliphatic heterocycles. The van der Waals surface area contributed by atoms with Gasteiger partial charge in [-0.05, 0) is 55.9 Å². The van der Waals surface area contributed by atoms with Crippen LogP contribution in [0, 0.1) is 12.8 Å². The van der Waals surface area contributed by atoms with Gasteiger partial charge in [0, 0.05) is 39.5 Å². The Morgan fingerprint density at radius 3 is 2.52 bits per heavy atom. The maximum absolute atomic E-state index is 9.20. The number of hydrogen-bond donors (Lipinski definition) is 3. The van der Waals surface area contributed by atoms with Gasteiger partial charge < -0.3 is 20.6 Å². The predicted molar refractivity (Wildman–Crippen MR) is 108 cm³/mol. The molecule has 1 aromatic rings. The van der Waals surface area contributed by atoms with Crippen LogP contribution in [0.1, 0.15) is 44.2 Å². The first kappa shape index (κ1) is 21.3. The second kappa shape index (κ2) is 11.7. The minimum atomic E-state index is 0.247. The van der Waals surface area contributed by atoms with E-state index in [0.717, 1.165) is 38.3 Å². The van der Waals surface area contributed by atoms with Crippen LogP contribution in [0.5, 0.6) is 0 Å². The van der Waals surface area contributed by atoms with Crippen molar-refractivity contribution in [2.24, 2.45) is 10.9 Å². The molecule has 0 aliphatic carbocycles. The molecule has 0 aromatic heterocycles. The van der Waals surface area contributed by atoms with Crippen LogP contribution >= 0.6 is 0 Å². The lowest BCUT2D eigenvalue weighted by Gasteiger charge is -2.18. The van der Waals surface area contributed by atoms with Crippen LogP contribution in [0.2, 0.25) is 0 Å². The van der Waals surface area contributed by atoms with Crippen LogP contribution in [0.4, 0.5) is 5.69 Å². The molecule has 0 bridgehead atoms. The molecule has 1 rings (SSSR count). The van der Waals surface area contributed by atoms with E-state index in [-0.39, 0.29) is 6.61 Å². The third-order valence-electron chi connectivity index (χ3n) is 4.39. The third-order valence-corrected chi connectivity index (χ3v) is 4.39. The number of rotatable bonds is 10. The Kier molecular flexibility index (Phi) is 10.0.